The lowest BCUT2D eigenvalue weighted by atomic mass is 9.94. The predicted molar refractivity (Wildman–Crippen MR) is 91.9 cm³/mol. The van der Waals surface area contributed by atoms with E-state index in [1.165, 1.54) is 0 Å². The zero-order chi connectivity index (χ0) is 17.0. The highest BCUT2D eigenvalue weighted by Crippen LogP contribution is 2.20. The van der Waals surface area contributed by atoms with Crippen LogP contribution in [0.5, 0.6) is 0 Å². The van der Waals surface area contributed by atoms with Crippen LogP contribution in [0.25, 0.3) is 0 Å². The van der Waals surface area contributed by atoms with Crippen LogP contribution in [0.4, 0.5) is 0 Å². The molecule has 0 saturated carbocycles. The summed E-state index contributed by atoms with van der Waals surface area (Å²) in [5.74, 6) is 0.753. The van der Waals surface area contributed by atoms with Gasteiger partial charge in [0.05, 0.1) is 0 Å². The Bertz CT molecular complexity index is 540. The van der Waals surface area contributed by atoms with Gasteiger partial charge in [0, 0.05) is 13.0 Å². The smallest absolute Gasteiger partial charge is 0.246 e. The Morgan fingerprint density at radius 2 is 1.70 bits per heavy atom. The van der Waals surface area contributed by atoms with E-state index in [4.69, 9.17) is 0 Å². The summed E-state index contributed by atoms with van der Waals surface area (Å²) >= 11 is 0. The number of carbonyl (C=O) groups excluding carboxylic acids is 2. The van der Waals surface area contributed by atoms with E-state index in [0.717, 1.165) is 5.56 Å². The number of rotatable bonds is 6. The van der Waals surface area contributed by atoms with E-state index in [1.54, 1.807) is 4.90 Å². The first-order chi connectivity index (χ1) is 10.9. The maximum atomic E-state index is 12.9. The predicted octanol–water partition coefficient (Wildman–Crippen LogP) is 2.63. The van der Waals surface area contributed by atoms with Crippen LogP contribution in [-0.4, -0.2) is 35.3 Å². The summed E-state index contributed by atoms with van der Waals surface area (Å²) in [4.78, 5) is 27.3. The zero-order valence-electron chi connectivity index (χ0n) is 14.6. The van der Waals surface area contributed by atoms with Crippen molar-refractivity contribution in [2.75, 3.05) is 6.54 Å². The highest BCUT2D eigenvalue weighted by atomic mass is 16.2. The van der Waals surface area contributed by atoms with Gasteiger partial charge in [-0.1, -0.05) is 58.0 Å². The van der Waals surface area contributed by atoms with Crippen molar-refractivity contribution in [3.05, 3.63) is 35.9 Å². The van der Waals surface area contributed by atoms with E-state index in [0.29, 0.717) is 31.2 Å². The van der Waals surface area contributed by atoms with E-state index >= 15 is 0 Å². The molecule has 0 aromatic heterocycles. The second-order valence-corrected chi connectivity index (χ2v) is 7.28. The molecule has 126 valence electrons. The van der Waals surface area contributed by atoms with Gasteiger partial charge in [-0.2, -0.15) is 0 Å². The molecule has 1 saturated heterocycles. The van der Waals surface area contributed by atoms with Crippen LogP contribution in [0.15, 0.2) is 30.3 Å². The van der Waals surface area contributed by atoms with Crippen molar-refractivity contribution in [1.82, 2.24) is 10.2 Å². The van der Waals surface area contributed by atoms with Crippen LogP contribution in [0.1, 0.15) is 39.7 Å². The summed E-state index contributed by atoms with van der Waals surface area (Å²) in [5, 5.41) is 2.94. The molecule has 1 aliphatic rings. The number of amides is 2. The van der Waals surface area contributed by atoms with Crippen LogP contribution in [0, 0.1) is 11.8 Å². The third kappa shape index (κ3) is 4.57. The van der Waals surface area contributed by atoms with Crippen LogP contribution in [0.2, 0.25) is 0 Å². The van der Waals surface area contributed by atoms with Crippen molar-refractivity contribution in [3.8, 4) is 0 Å². The van der Waals surface area contributed by atoms with Gasteiger partial charge >= 0.3 is 0 Å². The number of piperazine rings is 1. The van der Waals surface area contributed by atoms with Crippen molar-refractivity contribution in [3.63, 3.8) is 0 Å². The van der Waals surface area contributed by atoms with Crippen molar-refractivity contribution < 1.29 is 9.59 Å². The van der Waals surface area contributed by atoms with Crippen LogP contribution < -0.4 is 5.32 Å². The van der Waals surface area contributed by atoms with Crippen LogP contribution >= 0.6 is 0 Å². The van der Waals surface area contributed by atoms with E-state index in [9.17, 15) is 9.59 Å². The second-order valence-electron chi connectivity index (χ2n) is 7.28. The van der Waals surface area contributed by atoms with Crippen molar-refractivity contribution in [2.45, 2.75) is 52.6 Å². The molecule has 0 bridgehead atoms. The fourth-order valence-electron chi connectivity index (χ4n) is 3.10. The van der Waals surface area contributed by atoms with Gasteiger partial charge in [0.1, 0.15) is 12.1 Å². The normalized spacial score (nSPS) is 21.9. The molecule has 1 aliphatic heterocycles. The Labute approximate surface area is 139 Å². The highest BCUT2D eigenvalue weighted by molar-refractivity contribution is 5.97. The molecule has 1 aromatic rings. The molecular formula is C19H28N2O2. The number of benzene rings is 1. The Balaban J connectivity index is 2.18. The molecule has 0 radical (unpaired) electrons. The largest absolute Gasteiger partial charge is 0.342 e. The monoisotopic (exact) mass is 316 g/mol. The number of carbonyl (C=O) groups is 2. The number of hydrogen-bond acceptors (Lipinski definition) is 2. The molecule has 2 rings (SSSR count). The molecule has 0 aliphatic carbocycles. The van der Waals surface area contributed by atoms with E-state index in [1.807, 2.05) is 30.3 Å². The van der Waals surface area contributed by atoms with Crippen molar-refractivity contribution in [2.24, 2.45) is 11.8 Å². The lowest BCUT2D eigenvalue weighted by Gasteiger charge is -2.40. The number of nitrogens with one attached hydrogen (secondary N) is 1. The van der Waals surface area contributed by atoms with Crippen molar-refractivity contribution in [1.29, 1.82) is 0 Å². The van der Waals surface area contributed by atoms with Gasteiger partial charge in [0.15, 0.2) is 0 Å². The van der Waals surface area contributed by atoms with Gasteiger partial charge in [0.25, 0.3) is 0 Å². The number of nitrogens with zero attached hydrogens (tertiary/aromatic N) is 1. The average molecular weight is 316 g/mol. The molecule has 1 aromatic carbocycles. The summed E-state index contributed by atoms with van der Waals surface area (Å²) in [5.41, 5.74) is 1.07. The van der Waals surface area contributed by atoms with Crippen LogP contribution in [-0.2, 0) is 16.0 Å². The maximum Gasteiger partial charge on any atom is 0.246 e. The molecule has 1 fully saturated rings. The van der Waals surface area contributed by atoms with E-state index in [2.05, 4.69) is 33.0 Å². The first-order valence-corrected chi connectivity index (χ1v) is 8.53. The van der Waals surface area contributed by atoms with Gasteiger partial charge in [0.2, 0.25) is 11.8 Å². The summed E-state index contributed by atoms with van der Waals surface area (Å²) in [7, 11) is 0. The Morgan fingerprint density at radius 3 is 2.26 bits per heavy atom. The molecule has 0 unspecified atom stereocenters. The molecule has 23 heavy (non-hydrogen) atoms. The van der Waals surface area contributed by atoms with E-state index in [-0.39, 0.29) is 17.9 Å². The fourth-order valence-corrected chi connectivity index (χ4v) is 3.10. The lowest BCUT2D eigenvalue weighted by Crippen LogP contribution is -2.64. The van der Waals surface area contributed by atoms with Gasteiger partial charge in [-0.25, -0.2) is 0 Å². The Morgan fingerprint density at radius 1 is 1.04 bits per heavy atom. The quantitative estimate of drug-likeness (QED) is 0.877. The third-order valence-electron chi connectivity index (χ3n) is 4.12. The molecular weight excluding hydrogens is 288 g/mol. The summed E-state index contributed by atoms with van der Waals surface area (Å²) < 4.78 is 0. The maximum absolute atomic E-state index is 12.9. The van der Waals surface area contributed by atoms with Crippen molar-refractivity contribution >= 4 is 11.8 Å². The molecule has 1 N–H and O–H groups in total. The second kappa shape index (κ2) is 7.62. The van der Waals surface area contributed by atoms with Gasteiger partial charge in [-0.3, -0.25) is 9.59 Å². The van der Waals surface area contributed by atoms with E-state index < -0.39 is 6.04 Å². The van der Waals surface area contributed by atoms with Gasteiger partial charge in [-0.05, 0) is 23.8 Å². The highest BCUT2D eigenvalue weighted by Gasteiger charge is 2.40. The van der Waals surface area contributed by atoms with Gasteiger partial charge in [-0.15, -0.1) is 0 Å². The Kier molecular flexibility index (Phi) is 5.80. The third-order valence-corrected chi connectivity index (χ3v) is 4.12. The topological polar surface area (TPSA) is 49.4 Å². The minimum Gasteiger partial charge on any atom is -0.342 e. The zero-order valence-corrected chi connectivity index (χ0v) is 14.6. The standard InChI is InChI=1S/C19H28N2O2/c1-13(2)10-17-18(22)20-16(11-15-8-6-5-7-9-15)19(23)21(17)12-14(3)4/h5-9,13-14,16-17H,10-12H2,1-4H3,(H,20,22)/t16-,17-/m0/s1. The summed E-state index contributed by atoms with van der Waals surface area (Å²) in [6, 6.07) is 9.06. The minimum absolute atomic E-state index is 0.0140. The Hall–Kier alpha value is -1.84. The molecule has 2 atom stereocenters. The first kappa shape index (κ1) is 17.5. The average Bonchev–Trinajstić information content (AvgIpc) is 2.48. The molecule has 4 heteroatoms. The number of hydrogen-bond donors (Lipinski definition) is 1. The molecule has 0 spiro atoms. The molecule has 4 nitrogen and oxygen atoms in total. The fraction of sp³-hybridized carbons (Fsp3) is 0.579. The lowest BCUT2D eigenvalue weighted by molar-refractivity contribution is -0.150. The van der Waals surface area contributed by atoms with Crippen LogP contribution in [0.3, 0.4) is 0 Å². The first-order valence-electron chi connectivity index (χ1n) is 8.53. The van der Waals surface area contributed by atoms with Gasteiger partial charge < -0.3 is 10.2 Å². The summed E-state index contributed by atoms with van der Waals surface area (Å²) in [6.07, 6.45) is 1.26. The SMILES string of the molecule is CC(C)C[C@H]1C(=O)N[C@@H](Cc2ccccc2)C(=O)N1CC(C)C. The molecule has 2 amide bonds. The summed E-state index contributed by atoms with van der Waals surface area (Å²) in [6.45, 7) is 8.97. The molecule has 1 heterocycles. The minimum atomic E-state index is -0.452.